The van der Waals surface area contributed by atoms with Gasteiger partial charge in [0, 0.05) is 24.2 Å². The first-order chi connectivity index (χ1) is 10.6. The van der Waals surface area contributed by atoms with E-state index in [-0.39, 0.29) is 6.02 Å². The summed E-state index contributed by atoms with van der Waals surface area (Å²) in [4.78, 5) is 15.9. The van der Waals surface area contributed by atoms with E-state index in [9.17, 15) is 9.18 Å². The molecule has 0 unspecified atom stereocenters. The number of carbonyl (C=O) groups is 1. The van der Waals surface area contributed by atoms with E-state index in [1.807, 2.05) is 0 Å². The molecule has 23 heavy (non-hydrogen) atoms. The third kappa shape index (κ3) is 4.34. The molecule has 1 atom stereocenters. The van der Waals surface area contributed by atoms with Gasteiger partial charge in [-0.2, -0.15) is 0 Å². The number of hydrogen-bond donors (Lipinski definition) is 2. The molecule has 6 nitrogen and oxygen atoms in total. The number of nitrogen functional groups attached to an aromatic ring is 1. The second-order valence-corrected chi connectivity index (χ2v) is 6.64. The zero-order valence-corrected chi connectivity index (χ0v) is 13.8. The number of nitrogens with two attached hydrogens (primary N) is 1. The van der Waals surface area contributed by atoms with E-state index in [0.29, 0.717) is 24.2 Å². The number of alkyl carbamates (subject to hydrolysis) is 1. The quantitative estimate of drug-likeness (QED) is 0.778. The van der Waals surface area contributed by atoms with Crippen molar-refractivity contribution in [3.63, 3.8) is 0 Å². The largest absolute Gasteiger partial charge is 0.454 e. The van der Waals surface area contributed by atoms with E-state index in [1.54, 1.807) is 27.7 Å². The Labute approximate surface area is 134 Å². The predicted octanol–water partition coefficient (Wildman–Crippen LogP) is 2.92. The van der Waals surface area contributed by atoms with E-state index in [4.69, 9.17) is 15.2 Å². The van der Waals surface area contributed by atoms with Crippen LogP contribution in [0.1, 0.15) is 39.7 Å². The van der Waals surface area contributed by atoms with Crippen molar-refractivity contribution >= 4 is 17.8 Å². The molecule has 3 N–H and O–H groups in total. The fourth-order valence-electron chi connectivity index (χ4n) is 2.26. The molecule has 1 amide bonds. The SMILES string of the molecule is CC(C)(C)OC(=O)NC1=NCC[C@@](C)(c2cc(N)ccc2F)O1. The summed E-state index contributed by atoms with van der Waals surface area (Å²) in [6, 6.07) is 4.33. The van der Waals surface area contributed by atoms with Crippen LogP contribution in [0.4, 0.5) is 14.9 Å². The number of carbonyl (C=O) groups excluding carboxylic acids is 1. The van der Waals surface area contributed by atoms with Crippen molar-refractivity contribution in [1.82, 2.24) is 5.32 Å². The van der Waals surface area contributed by atoms with Crippen molar-refractivity contribution in [2.75, 3.05) is 12.3 Å². The minimum absolute atomic E-state index is 0.00910. The van der Waals surface area contributed by atoms with Crippen molar-refractivity contribution < 1.29 is 18.7 Å². The minimum Gasteiger partial charge on any atom is -0.454 e. The molecule has 0 radical (unpaired) electrons. The summed E-state index contributed by atoms with van der Waals surface area (Å²) < 4.78 is 25.0. The maximum Gasteiger partial charge on any atom is 0.415 e. The Hall–Kier alpha value is -2.31. The zero-order valence-electron chi connectivity index (χ0n) is 13.8. The van der Waals surface area contributed by atoms with Crippen LogP contribution in [0, 0.1) is 5.82 Å². The lowest BCUT2D eigenvalue weighted by Crippen LogP contribution is -2.44. The summed E-state index contributed by atoms with van der Waals surface area (Å²) in [6.07, 6.45) is -0.207. The van der Waals surface area contributed by atoms with Gasteiger partial charge in [0.15, 0.2) is 0 Å². The van der Waals surface area contributed by atoms with Crippen LogP contribution in [-0.2, 0) is 15.1 Å². The molecule has 0 bridgehead atoms. The summed E-state index contributed by atoms with van der Waals surface area (Å²) in [5.41, 5.74) is 4.90. The van der Waals surface area contributed by atoms with Crippen LogP contribution in [0.25, 0.3) is 0 Å². The molecule has 0 saturated heterocycles. The van der Waals surface area contributed by atoms with Gasteiger partial charge in [-0.05, 0) is 45.9 Å². The molecule has 0 fully saturated rings. The highest BCUT2D eigenvalue weighted by atomic mass is 19.1. The van der Waals surface area contributed by atoms with Crippen molar-refractivity contribution in [2.24, 2.45) is 4.99 Å². The van der Waals surface area contributed by atoms with Crippen LogP contribution >= 0.6 is 0 Å². The van der Waals surface area contributed by atoms with E-state index in [0.717, 1.165) is 0 Å². The van der Waals surface area contributed by atoms with Crippen LogP contribution in [0.2, 0.25) is 0 Å². The Bertz CT molecular complexity index is 640. The highest BCUT2D eigenvalue weighted by Crippen LogP contribution is 2.34. The first kappa shape index (κ1) is 17.1. The number of halogens is 1. The number of rotatable bonds is 1. The van der Waals surface area contributed by atoms with E-state index in [1.165, 1.54) is 18.2 Å². The third-order valence-corrected chi connectivity index (χ3v) is 3.33. The number of ether oxygens (including phenoxy) is 2. The Kier molecular flexibility index (Phi) is 4.49. The van der Waals surface area contributed by atoms with Crippen molar-refractivity contribution in [1.29, 1.82) is 0 Å². The van der Waals surface area contributed by atoms with Gasteiger partial charge < -0.3 is 15.2 Å². The second kappa shape index (κ2) is 6.06. The van der Waals surface area contributed by atoms with E-state index >= 15 is 0 Å². The van der Waals surface area contributed by atoms with Crippen LogP contribution < -0.4 is 11.1 Å². The fourth-order valence-corrected chi connectivity index (χ4v) is 2.26. The van der Waals surface area contributed by atoms with Crippen molar-refractivity contribution in [3.8, 4) is 0 Å². The fraction of sp³-hybridized carbons (Fsp3) is 0.500. The number of aliphatic imine (C=N–C) groups is 1. The standard InChI is InChI=1S/C16H22FN3O3/c1-15(2,3)23-14(21)20-13-19-8-7-16(4,22-13)11-9-10(18)5-6-12(11)17/h5-6,9H,7-8,18H2,1-4H3,(H,19,20,21)/t16-/m0/s1. The van der Waals surface area contributed by atoms with Gasteiger partial charge >= 0.3 is 6.09 Å². The first-order valence-electron chi connectivity index (χ1n) is 7.38. The Balaban J connectivity index is 2.14. The number of hydrogen-bond acceptors (Lipinski definition) is 5. The Morgan fingerprint density at radius 2 is 2.17 bits per heavy atom. The van der Waals surface area contributed by atoms with Crippen LogP contribution in [0.5, 0.6) is 0 Å². The lowest BCUT2D eigenvalue weighted by molar-refractivity contribution is 0.0339. The summed E-state index contributed by atoms with van der Waals surface area (Å²) in [7, 11) is 0. The average molecular weight is 323 g/mol. The lowest BCUT2D eigenvalue weighted by Gasteiger charge is -2.34. The maximum absolute atomic E-state index is 14.1. The van der Waals surface area contributed by atoms with Crippen LogP contribution in [0.15, 0.2) is 23.2 Å². The molecule has 1 aliphatic rings. The van der Waals surface area contributed by atoms with Crippen molar-refractivity contribution in [2.45, 2.75) is 45.3 Å². The molecular weight excluding hydrogens is 301 g/mol. The summed E-state index contributed by atoms with van der Waals surface area (Å²) in [5, 5.41) is 2.45. The smallest absolute Gasteiger partial charge is 0.415 e. The van der Waals surface area contributed by atoms with Gasteiger partial charge in [-0.1, -0.05) is 0 Å². The molecule has 0 aromatic heterocycles. The molecule has 7 heteroatoms. The first-order valence-corrected chi connectivity index (χ1v) is 7.38. The molecule has 0 aliphatic carbocycles. The molecule has 1 aliphatic heterocycles. The Morgan fingerprint density at radius 3 is 2.83 bits per heavy atom. The normalized spacial score (nSPS) is 21.2. The van der Waals surface area contributed by atoms with E-state index in [2.05, 4.69) is 10.3 Å². The summed E-state index contributed by atoms with van der Waals surface area (Å²) in [5.74, 6) is -0.416. The van der Waals surface area contributed by atoms with E-state index < -0.39 is 23.1 Å². The molecule has 1 heterocycles. The average Bonchev–Trinajstić information content (AvgIpc) is 2.39. The van der Waals surface area contributed by atoms with Crippen LogP contribution in [0.3, 0.4) is 0 Å². The van der Waals surface area contributed by atoms with Gasteiger partial charge in [0.1, 0.15) is 17.0 Å². The molecule has 126 valence electrons. The number of amidine groups is 1. The van der Waals surface area contributed by atoms with Gasteiger partial charge in [-0.3, -0.25) is 0 Å². The summed E-state index contributed by atoms with van der Waals surface area (Å²) >= 11 is 0. The zero-order chi connectivity index (χ0) is 17.3. The third-order valence-electron chi connectivity index (χ3n) is 3.33. The Morgan fingerprint density at radius 1 is 1.48 bits per heavy atom. The second-order valence-electron chi connectivity index (χ2n) is 6.64. The van der Waals surface area contributed by atoms with Gasteiger partial charge in [0.2, 0.25) is 0 Å². The van der Waals surface area contributed by atoms with Crippen LogP contribution in [-0.4, -0.2) is 24.3 Å². The molecule has 0 saturated carbocycles. The predicted molar refractivity (Wildman–Crippen MR) is 85.5 cm³/mol. The van der Waals surface area contributed by atoms with Gasteiger partial charge in [-0.25, -0.2) is 19.5 Å². The van der Waals surface area contributed by atoms with Crippen molar-refractivity contribution in [3.05, 3.63) is 29.6 Å². The molecule has 0 spiro atoms. The number of nitrogens with zero attached hydrogens (tertiary/aromatic N) is 1. The highest BCUT2D eigenvalue weighted by molar-refractivity contribution is 5.91. The molecule has 2 rings (SSSR count). The van der Waals surface area contributed by atoms with Gasteiger partial charge in [0.25, 0.3) is 6.02 Å². The molecule has 1 aromatic carbocycles. The topological polar surface area (TPSA) is 85.9 Å². The number of benzene rings is 1. The van der Waals surface area contributed by atoms with Gasteiger partial charge in [-0.15, -0.1) is 0 Å². The molecule has 1 aromatic rings. The molecular formula is C16H22FN3O3. The monoisotopic (exact) mass is 323 g/mol. The highest BCUT2D eigenvalue weighted by Gasteiger charge is 2.36. The van der Waals surface area contributed by atoms with Gasteiger partial charge in [0.05, 0.1) is 0 Å². The lowest BCUT2D eigenvalue weighted by atomic mass is 9.90. The maximum atomic E-state index is 14.1. The summed E-state index contributed by atoms with van der Waals surface area (Å²) in [6.45, 7) is 7.37. The number of nitrogens with one attached hydrogen (secondary N) is 1. The number of amides is 1. The minimum atomic E-state index is -0.967. The number of anilines is 1.